The number of nitrogens with two attached hydrogens (primary N) is 1. The molecule has 3 nitrogen and oxygen atoms in total. The van der Waals surface area contributed by atoms with Gasteiger partial charge >= 0.3 is 0 Å². The quantitative estimate of drug-likeness (QED) is 0.768. The molecule has 92 valence electrons. The molecular weight excluding hydrogens is 278 g/mol. The van der Waals surface area contributed by atoms with Gasteiger partial charge in [0.1, 0.15) is 0 Å². The highest BCUT2D eigenvalue weighted by atomic mass is 79.9. The largest absolute Gasteiger partial charge is 0.371 e. The predicted molar refractivity (Wildman–Crippen MR) is 74.2 cm³/mol. The van der Waals surface area contributed by atoms with Crippen molar-refractivity contribution in [2.75, 3.05) is 25.0 Å². The van der Waals surface area contributed by atoms with Gasteiger partial charge in [-0.15, -0.1) is 0 Å². The molecule has 3 rings (SSSR count). The Morgan fingerprint density at radius 3 is 3.12 bits per heavy atom. The number of anilines is 1. The van der Waals surface area contributed by atoms with E-state index in [-0.39, 0.29) is 6.04 Å². The molecule has 1 aromatic carbocycles. The van der Waals surface area contributed by atoms with Gasteiger partial charge in [-0.05, 0) is 36.7 Å². The molecule has 1 saturated heterocycles. The maximum Gasteiger partial charge on any atom is 0.0415 e. The molecule has 3 N–H and O–H groups in total. The van der Waals surface area contributed by atoms with Gasteiger partial charge in [0.05, 0.1) is 0 Å². The summed E-state index contributed by atoms with van der Waals surface area (Å²) in [7, 11) is 2.20. The van der Waals surface area contributed by atoms with Gasteiger partial charge in [-0.25, -0.2) is 0 Å². The summed E-state index contributed by atoms with van der Waals surface area (Å²) < 4.78 is 1.11. The number of hydrogen-bond acceptors (Lipinski definition) is 3. The van der Waals surface area contributed by atoms with Crippen molar-refractivity contribution in [3.63, 3.8) is 0 Å². The van der Waals surface area contributed by atoms with Crippen LogP contribution in [0.2, 0.25) is 0 Å². The third kappa shape index (κ3) is 1.79. The highest BCUT2D eigenvalue weighted by Gasteiger charge is 2.39. The summed E-state index contributed by atoms with van der Waals surface area (Å²) in [5.74, 6) is 0.524. The lowest BCUT2D eigenvalue weighted by molar-refractivity contribution is 0.263. The van der Waals surface area contributed by atoms with E-state index in [2.05, 4.69) is 51.4 Å². The van der Waals surface area contributed by atoms with E-state index in [1.807, 2.05) is 0 Å². The summed E-state index contributed by atoms with van der Waals surface area (Å²) in [5.41, 5.74) is 9.01. The number of nitrogens with zero attached hydrogens (tertiary/aromatic N) is 1. The molecule has 1 fully saturated rings. The number of fused-ring (bicyclic) bond motifs is 2. The molecule has 2 aliphatic heterocycles. The molecule has 4 heteroatoms. The van der Waals surface area contributed by atoms with Crippen LogP contribution in [0.25, 0.3) is 0 Å². The number of piperidine rings is 1. The normalized spacial score (nSPS) is 31.9. The Balaban J connectivity index is 2.07. The molecule has 0 spiro atoms. The van der Waals surface area contributed by atoms with Gasteiger partial charge in [0, 0.05) is 41.8 Å². The monoisotopic (exact) mass is 295 g/mol. The first-order valence-corrected chi connectivity index (χ1v) is 6.96. The summed E-state index contributed by atoms with van der Waals surface area (Å²) in [6, 6.07) is 7.18. The fraction of sp³-hybridized carbons (Fsp3) is 0.538. The molecule has 0 amide bonds. The highest BCUT2D eigenvalue weighted by molar-refractivity contribution is 9.10. The molecular formula is C13H18BrN3. The van der Waals surface area contributed by atoms with E-state index in [0.717, 1.165) is 17.6 Å². The van der Waals surface area contributed by atoms with Crippen molar-refractivity contribution in [2.24, 2.45) is 11.7 Å². The average molecular weight is 296 g/mol. The minimum atomic E-state index is 0.150. The summed E-state index contributed by atoms with van der Waals surface area (Å²) in [6.07, 6.45) is 1.18. The molecule has 3 atom stereocenters. The molecule has 0 aliphatic carbocycles. The zero-order valence-electron chi connectivity index (χ0n) is 9.99. The summed E-state index contributed by atoms with van der Waals surface area (Å²) in [5, 5.41) is 3.46. The van der Waals surface area contributed by atoms with E-state index in [0.29, 0.717) is 12.0 Å². The predicted octanol–water partition coefficient (Wildman–Crippen LogP) is 1.88. The van der Waals surface area contributed by atoms with Crippen LogP contribution in [0.1, 0.15) is 18.0 Å². The minimum absolute atomic E-state index is 0.150. The fourth-order valence-electron chi connectivity index (χ4n) is 3.24. The minimum Gasteiger partial charge on any atom is -0.371 e. The highest BCUT2D eigenvalue weighted by Crippen LogP contribution is 2.41. The lowest BCUT2D eigenvalue weighted by Gasteiger charge is -2.47. The topological polar surface area (TPSA) is 41.3 Å². The molecule has 17 heavy (non-hydrogen) atoms. The van der Waals surface area contributed by atoms with Crippen molar-refractivity contribution in [3.05, 3.63) is 28.2 Å². The molecule has 0 aromatic heterocycles. The number of nitrogens with one attached hydrogen (secondary N) is 1. The second-order valence-corrected chi connectivity index (χ2v) is 5.98. The van der Waals surface area contributed by atoms with E-state index in [1.54, 1.807) is 0 Å². The third-order valence-corrected chi connectivity index (χ3v) is 4.67. The van der Waals surface area contributed by atoms with Crippen molar-refractivity contribution in [2.45, 2.75) is 18.5 Å². The second kappa shape index (κ2) is 4.26. The van der Waals surface area contributed by atoms with E-state index in [9.17, 15) is 0 Å². The van der Waals surface area contributed by atoms with Crippen LogP contribution in [-0.4, -0.2) is 26.2 Å². The van der Waals surface area contributed by atoms with E-state index in [4.69, 9.17) is 5.73 Å². The van der Waals surface area contributed by atoms with Crippen LogP contribution in [0, 0.1) is 5.92 Å². The number of benzene rings is 1. The Hall–Kier alpha value is -0.580. The van der Waals surface area contributed by atoms with E-state index >= 15 is 0 Å². The Labute approximate surface area is 110 Å². The Morgan fingerprint density at radius 2 is 2.29 bits per heavy atom. The number of halogens is 1. The van der Waals surface area contributed by atoms with Crippen LogP contribution in [0.3, 0.4) is 0 Å². The molecule has 0 bridgehead atoms. The summed E-state index contributed by atoms with van der Waals surface area (Å²) in [6.45, 7) is 2.13. The van der Waals surface area contributed by atoms with Gasteiger partial charge in [-0.3, -0.25) is 0 Å². The van der Waals surface area contributed by atoms with Gasteiger partial charge in [-0.1, -0.05) is 15.9 Å². The molecule has 3 unspecified atom stereocenters. The average Bonchev–Trinajstić information content (AvgIpc) is 2.36. The standard InChI is InChI=1S/C13H18BrN3/c1-17-11-3-2-8(14)6-9(11)13(15)10-7-16-5-4-12(10)17/h2-3,6,10,12-13,16H,4-5,7,15H2,1H3. The number of rotatable bonds is 0. The SMILES string of the molecule is CN1c2ccc(Br)cc2C(N)C2CNCCC21. The third-order valence-electron chi connectivity index (χ3n) is 4.18. The Morgan fingerprint density at radius 1 is 1.47 bits per heavy atom. The van der Waals surface area contributed by atoms with Crippen molar-refractivity contribution in [1.82, 2.24) is 5.32 Å². The van der Waals surface area contributed by atoms with Crippen LogP contribution >= 0.6 is 15.9 Å². The zero-order valence-corrected chi connectivity index (χ0v) is 11.6. The lowest BCUT2D eigenvalue weighted by atomic mass is 9.79. The molecule has 2 heterocycles. The van der Waals surface area contributed by atoms with E-state index < -0.39 is 0 Å². The molecule has 1 aromatic rings. The van der Waals surface area contributed by atoms with Gasteiger partial charge in [0.2, 0.25) is 0 Å². The van der Waals surface area contributed by atoms with Crippen LogP contribution < -0.4 is 16.0 Å². The Kier molecular flexibility index (Phi) is 2.89. The van der Waals surface area contributed by atoms with Gasteiger partial charge in [0.15, 0.2) is 0 Å². The molecule has 0 radical (unpaired) electrons. The smallest absolute Gasteiger partial charge is 0.0415 e. The van der Waals surface area contributed by atoms with Crippen molar-refractivity contribution in [1.29, 1.82) is 0 Å². The van der Waals surface area contributed by atoms with Crippen molar-refractivity contribution in [3.8, 4) is 0 Å². The van der Waals surface area contributed by atoms with Crippen molar-refractivity contribution < 1.29 is 0 Å². The number of hydrogen-bond donors (Lipinski definition) is 2. The second-order valence-electron chi connectivity index (χ2n) is 5.06. The lowest BCUT2D eigenvalue weighted by Crippen LogP contribution is -2.55. The molecule has 2 aliphatic rings. The van der Waals surface area contributed by atoms with Gasteiger partial charge in [0.25, 0.3) is 0 Å². The van der Waals surface area contributed by atoms with Crippen LogP contribution in [0.4, 0.5) is 5.69 Å². The van der Waals surface area contributed by atoms with Crippen LogP contribution in [-0.2, 0) is 0 Å². The maximum absolute atomic E-state index is 6.44. The summed E-state index contributed by atoms with van der Waals surface area (Å²) in [4.78, 5) is 2.41. The van der Waals surface area contributed by atoms with Crippen molar-refractivity contribution >= 4 is 21.6 Å². The Bertz CT molecular complexity index is 435. The van der Waals surface area contributed by atoms with Crippen LogP contribution in [0.5, 0.6) is 0 Å². The van der Waals surface area contributed by atoms with Gasteiger partial charge < -0.3 is 16.0 Å². The fourth-order valence-corrected chi connectivity index (χ4v) is 3.62. The first kappa shape index (κ1) is 11.5. The summed E-state index contributed by atoms with van der Waals surface area (Å²) >= 11 is 3.54. The first-order chi connectivity index (χ1) is 8.18. The molecule has 0 saturated carbocycles. The van der Waals surface area contributed by atoms with Crippen LogP contribution in [0.15, 0.2) is 22.7 Å². The van der Waals surface area contributed by atoms with E-state index in [1.165, 1.54) is 17.7 Å². The first-order valence-electron chi connectivity index (χ1n) is 6.17. The maximum atomic E-state index is 6.44. The van der Waals surface area contributed by atoms with Gasteiger partial charge in [-0.2, -0.15) is 0 Å². The zero-order chi connectivity index (χ0) is 12.0.